The van der Waals surface area contributed by atoms with Crippen LogP contribution in [-0.4, -0.2) is 29.1 Å². The van der Waals surface area contributed by atoms with Crippen molar-refractivity contribution in [3.63, 3.8) is 0 Å². The summed E-state index contributed by atoms with van der Waals surface area (Å²) in [5.41, 5.74) is 2.30. The van der Waals surface area contributed by atoms with Crippen molar-refractivity contribution in [2.45, 2.75) is 20.0 Å². The van der Waals surface area contributed by atoms with Gasteiger partial charge in [0.25, 0.3) is 0 Å². The fourth-order valence-electron chi connectivity index (χ4n) is 3.65. The van der Waals surface area contributed by atoms with Crippen molar-refractivity contribution in [2.75, 3.05) is 5.32 Å². The highest BCUT2D eigenvalue weighted by Gasteiger charge is 2.16. The van der Waals surface area contributed by atoms with Gasteiger partial charge in [0.05, 0.1) is 25.3 Å². The zero-order chi connectivity index (χ0) is 25.1. The summed E-state index contributed by atoms with van der Waals surface area (Å²) in [6.07, 6.45) is 4.51. The number of rotatable bonds is 7. The van der Waals surface area contributed by atoms with Crippen LogP contribution in [0.2, 0.25) is 5.02 Å². The minimum Gasteiger partial charge on any atom is -0.454 e. The molecule has 0 aliphatic heterocycles. The van der Waals surface area contributed by atoms with E-state index in [0.717, 1.165) is 5.56 Å². The Labute approximate surface area is 210 Å². The lowest BCUT2D eigenvalue weighted by Crippen LogP contribution is -2.20. The first-order chi connectivity index (χ1) is 17.5. The van der Waals surface area contributed by atoms with E-state index in [2.05, 4.69) is 25.3 Å². The van der Waals surface area contributed by atoms with Gasteiger partial charge in [0.1, 0.15) is 11.8 Å². The first-order valence-corrected chi connectivity index (χ1v) is 11.4. The summed E-state index contributed by atoms with van der Waals surface area (Å²) in [7, 11) is 0. The molecule has 10 nitrogen and oxygen atoms in total. The Morgan fingerprint density at radius 3 is 2.42 bits per heavy atom. The molecule has 0 aliphatic rings. The van der Waals surface area contributed by atoms with Crippen LogP contribution in [0, 0.1) is 11.3 Å². The van der Waals surface area contributed by atoms with E-state index in [1.54, 1.807) is 35.2 Å². The third kappa shape index (κ3) is 4.73. The van der Waals surface area contributed by atoms with Gasteiger partial charge in [-0.1, -0.05) is 23.7 Å². The maximum atomic E-state index is 12.9. The van der Waals surface area contributed by atoms with Crippen LogP contribution in [0.1, 0.15) is 18.3 Å². The van der Waals surface area contributed by atoms with Crippen LogP contribution in [0.5, 0.6) is 11.5 Å². The molecule has 2 aromatic carbocycles. The van der Waals surface area contributed by atoms with Crippen molar-refractivity contribution in [1.29, 1.82) is 5.26 Å². The molecule has 5 aromatic rings. The molecule has 0 spiro atoms. The molecule has 3 heterocycles. The molecule has 0 fully saturated rings. The van der Waals surface area contributed by atoms with E-state index in [1.165, 1.54) is 12.4 Å². The van der Waals surface area contributed by atoms with E-state index < -0.39 is 0 Å². The number of benzene rings is 2. The fraction of sp³-hybridized carbons (Fsp3) is 0.120. The van der Waals surface area contributed by atoms with Gasteiger partial charge >= 0.3 is 5.56 Å². The van der Waals surface area contributed by atoms with E-state index in [9.17, 15) is 4.79 Å². The van der Waals surface area contributed by atoms with Crippen LogP contribution in [0.4, 0.5) is 11.6 Å². The molecule has 36 heavy (non-hydrogen) atoms. The summed E-state index contributed by atoms with van der Waals surface area (Å²) >= 11 is 6.05. The number of imidazole rings is 1. The molecular formula is C25H19ClN8O2. The highest BCUT2D eigenvalue weighted by atomic mass is 35.5. The molecular weight excluding hydrogens is 480 g/mol. The predicted molar refractivity (Wildman–Crippen MR) is 135 cm³/mol. The largest absolute Gasteiger partial charge is 0.454 e. The van der Waals surface area contributed by atoms with E-state index in [-0.39, 0.29) is 11.4 Å². The van der Waals surface area contributed by atoms with Gasteiger partial charge in [0.15, 0.2) is 16.9 Å². The average Bonchev–Trinajstić information content (AvgIpc) is 3.34. The zero-order valence-electron chi connectivity index (χ0n) is 19.1. The summed E-state index contributed by atoms with van der Waals surface area (Å²) in [4.78, 5) is 29.5. The Morgan fingerprint density at radius 1 is 1.03 bits per heavy atom. The number of fused-ring (bicyclic) bond motifs is 1. The Balaban J connectivity index is 1.45. The first-order valence-electron chi connectivity index (χ1n) is 11.0. The number of ether oxygens (including phenoxy) is 1. The van der Waals surface area contributed by atoms with Crippen molar-refractivity contribution < 1.29 is 4.74 Å². The lowest BCUT2D eigenvalue weighted by atomic mass is 10.2. The van der Waals surface area contributed by atoms with Crippen molar-refractivity contribution >= 4 is 34.4 Å². The number of nitrogens with one attached hydrogen (secondary N) is 1. The van der Waals surface area contributed by atoms with Gasteiger partial charge in [-0.2, -0.15) is 10.2 Å². The lowest BCUT2D eigenvalue weighted by Gasteiger charge is -2.15. The Bertz CT molecular complexity index is 1620. The van der Waals surface area contributed by atoms with Crippen LogP contribution in [0.15, 0.2) is 72.0 Å². The summed E-state index contributed by atoms with van der Waals surface area (Å²) in [5, 5.41) is 12.7. The molecule has 1 N–H and O–H groups in total. The number of nitrogens with zero attached hydrogens (tertiary/aromatic N) is 7. The van der Waals surface area contributed by atoms with Gasteiger partial charge in [0, 0.05) is 17.3 Å². The number of nitriles is 1. The molecule has 0 atom stereocenters. The second-order valence-electron chi connectivity index (χ2n) is 7.76. The highest BCUT2D eigenvalue weighted by Crippen LogP contribution is 2.25. The van der Waals surface area contributed by atoms with Gasteiger partial charge in [-0.15, -0.1) is 0 Å². The molecule has 3 aromatic heterocycles. The molecule has 5 rings (SSSR count). The summed E-state index contributed by atoms with van der Waals surface area (Å²) in [6.45, 7) is 2.99. The molecule has 178 valence electrons. The number of anilines is 2. The first kappa shape index (κ1) is 23.0. The van der Waals surface area contributed by atoms with E-state index in [0.29, 0.717) is 52.4 Å². The number of hydrogen-bond donors (Lipinski definition) is 1. The molecule has 0 unspecified atom stereocenters. The molecule has 0 aliphatic carbocycles. The molecule has 0 saturated heterocycles. The van der Waals surface area contributed by atoms with E-state index >= 15 is 0 Å². The highest BCUT2D eigenvalue weighted by molar-refractivity contribution is 6.30. The van der Waals surface area contributed by atoms with Crippen molar-refractivity contribution in [3.05, 3.63) is 94.0 Å². The van der Waals surface area contributed by atoms with E-state index in [1.807, 2.05) is 41.8 Å². The molecule has 0 radical (unpaired) electrons. The monoisotopic (exact) mass is 498 g/mol. The summed E-state index contributed by atoms with van der Waals surface area (Å²) in [6, 6.07) is 16.5. The number of aromatic nitrogens is 6. The van der Waals surface area contributed by atoms with Gasteiger partial charge in [-0.05, 0) is 48.9 Å². The third-order valence-corrected chi connectivity index (χ3v) is 5.66. The van der Waals surface area contributed by atoms with Crippen LogP contribution in [0.25, 0.3) is 11.2 Å². The second-order valence-corrected chi connectivity index (χ2v) is 8.20. The van der Waals surface area contributed by atoms with E-state index in [4.69, 9.17) is 21.6 Å². The number of halogens is 1. The van der Waals surface area contributed by atoms with Gasteiger partial charge < -0.3 is 14.6 Å². The van der Waals surface area contributed by atoms with Crippen LogP contribution in [-0.2, 0) is 13.1 Å². The molecule has 0 bridgehead atoms. The fourth-order valence-corrected chi connectivity index (χ4v) is 3.78. The maximum absolute atomic E-state index is 12.9. The standard InChI is InChI=1S/C25H19ClN8O2/c1-2-33-15-30-23-22(33)24(35)32-25(34(23)14-16-3-5-17(26)6-4-16)31-18-7-9-19(10-8-18)36-20-12-28-21(11-27)29-13-20/h3-10,12-13,15H,2,14H2,1H3,(H,31,32,35). The predicted octanol–water partition coefficient (Wildman–Crippen LogP) is 4.51. The van der Waals surface area contributed by atoms with Crippen LogP contribution >= 0.6 is 11.6 Å². The topological polar surface area (TPSA) is 124 Å². The minimum absolute atomic E-state index is 0.0692. The second kappa shape index (κ2) is 9.85. The summed E-state index contributed by atoms with van der Waals surface area (Å²) < 4.78 is 9.38. The normalized spacial score (nSPS) is 10.8. The number of hydrogen-bond acceptors (Lipinski definition) is 8. The minimum atomic E-state index is -0.361. The average molecular weight is 499 g/mol. The van der Waals surface area contributed by atoms with Gasteiger partial charge in [-0.3, -0.25) is 9.36 Å². The van der Waals surface area contributed by atoms with Crippen molar-refractivity contribution in [2.24, 2.45) is 0 Å². The van der Waals surface area contributed by atoms with Crippen molar-refractivity contribution in [3.8, 4) is 17.6 Å². The Kier molecular flexibility index (Phi) is 6.30. The molecule has 11 heteroatoms. The SMILES string of the molecule is CCn1cnc2c1c(=O)nc(Nc1ccc(Oc3cnc(C#N)nc3)cc1)n2Cc1ccc(Cl)cc1. The molecule has 0 amide bonds. The quantitative estimate of drug-likeness (QED) is 0.347. The zero-order valence-corrected chi connectivity index (χ0v) is 19.8. The van der Waals surface area contributed by atoms with Gasteiger partial charge in [-0.25, -0.2) is 15.0 Å². The summed E-state index contributed by atoms with van der Waals surface area (Å²) in [5.74, 6) is 1.39. The Hall–Kier alpha value is -4.75. The lowest BCUT2D eigenvalue weighted by molar-refractivity contribution is 0.477. The number of aryl methyl sites for hydroxylation is 1. The smallest absolute Gasteiger partial charge is 0.300 e. The van der Waals surface area contributed by atoms with Crippen molar-refractivity contribution in [1.82, 2.24) is 29.1 Å². The van der Waals surface area contributed by atoms with Crippen LogP contribution in [0.3, 0.4) is 0 Å². The van der Waals surface area contributed by atoms with Crippen LogP contribution < -0.4 is 15.6 Å². The Morgan fingerprint density at radius 2 is 1.75 bits per heavy atom. The van der Waals surface area contributed by atoms with Gasteiger partial charge in [0.2, 0.25) is 11.8 Å². The third-order valence-electron chi connectivity index (χ3n) is 5.41. The maximum Gasteiger partial charge on any atom is 0.300 e. The molecule has 0 saturated carbocycles.